The Morgan fingerprint density at radius 3 is 2.62 bits per heavy atom. The summed E-state index contributed by atoms with van der Waals surface area (Å²) in [6.07, 6.45) is 2.73. The lowest BCUT2D eigenvalue weighted by molar-refractivity contribution is -0.384. The maximum absolute atomic E-state index is 10.8. The number of benzene rings is 1. The molecular formula is C11H7ClN2O2. The van der Waals surface area contributed by atoms with Crippen molar-refractivity contribution in [3.8, 4) is 11.1 Å². The highest BCUT2D eigenvalue weighted by Gasteiger charge is 2.16. The van der Waals surface area contributed by atoms with Crippen LogP contribution in [-0.2, 0) is 0 Å². The Balaban J connectivity index is 2.65. The molecule has 0 bridgehead atoms. The average Bonchev–Trinajstić information content (AvgIpc) is 2.29. The number of pyridine rings is 1. The van der Waals surface area contributed by atoms with E-state index in [1.807, 2.05) is 0 Å². The Morgan fingerprint density at radius 2 is 1.94 bits per heavy atom. The molecule has 1 aromatic carbocycles. The van der Waals surface area contributed by atoms with Crippen LogP contribution in [0.4, 0.5) is 5.69 Å². The van der Waals surface area contributed by atoms with Crippen LogP contribution in [0.2, 0.25) is 5.02 Å². The molecule has 0 saturated heterocycles. The number of halogens is 1. The molecule has 0 atom stereocenters. The van der Waals surface area contributed by atoms with Crippen LogP contribution in [0.1, 0.15) is 0 Å². The van der Waals surface area contributed by atoms with Gasteiger partial charge in [-0.1, -0.05) is 29.8 Å². The van der Waals surface area contributed by atoms with E-state index in [1.54, 1.807) is 30.3 Å². The predicted octanol–water partition coefficient (Wildman–Crippen LogP) is 3.31. The molecule has 4 nitrogen and oxygen atoms in total. The van der Waals surface area contributed by atoms with Crippen LogP contribution in [0.5, 0.6) is 0 Å². The van der Waals surface area contributed by atoms with Crippen molar-refractivity contribution in [2.45, 2.75) is 0 Å². The molecule has 0 fully saturated rings. The van der Waals surface area contributed by atoms with Gasteiger partial charge < -0.3 is 0 Å². The van der Waals surface area contributed by atoms with Gasteiger partial charge in [-0.3, -0.25) is 15.1 Å². The number of aromatic nitrogens is 1. The van der Waals surface area contributed by atoms with Crippen LogP contribution >= 0.6 is 11.6 Å². The zero-order valence-electron chi connectivity index (χ0n) is 8.13. The third-order valence-corrected chi connectivity index (χ3v) is 2.49. The lowest BCUT2D eigenvalue weighted by Crippen LogP contribution is -1.93. The lowest BCUT2D eigenvalue weighted by Gasteiger charge is -2.04. The molecule has 0 saturated carbocycles. The Morgan fingerprint density at radius 1 is 1.19 bits per heavy atom. The van der Waals surface area contributed by atoms with E-state index in [4.69, 9.17) is 11.6 Å². The summed E-state index contributed by atoms with van der Waals surface area (Å²) in [6.45, 7) is 0. The van der Waals surface area contributed by atoms with Crippen LogP contribution in [-0.4, -0.2) is 9.91 Å². The Bertz CT molecular complexity index is 543. The van der Waals surface area contributed by atoms with Crippen molar-refractivity contribution in [1.82, 2.24) is 4.98 Å². The zero-order valence-corrected chi connectivity index (χ0v) is 8.89. The summed E-state index contributed by atoms with van der Waals surface area (Å²) in [5, 5.41) is 11.3. The van der Waals surface area contributed by atoms with Crippen LogP contribution in [0.15, 0.2) is 42.7 Å². The van der Waals surface area contributed by atoms with Gasteiger partial charge in [0.25, 0.3) is 5.69 Å². The molecule has 2 aromatic rings. The van der Waals surface area contributed by atoms with Gasteiger partial charge in [-0.15, -0.1) is 0 Å². The molecule has 0 aliphatic heterocycles. The van der Waals surface area contributed by atoms with Gasteiger partial charge in [0, 0.05) is 16.8 Å². The fourth-order valence-electron chi connectivity index (χ4n) is 1.44. The van der Waals surface area contributed by atoms with Gasteiger partial charge in [0.05, 0.1) is 10.5 Å². The van der Waals surface area contributed by atoms with Gasteiger partial charge >= 0.3 is 0 Å². The quantitative estimate of drug-likeness (QED) is 0.592. The molecule has 5 heteroatoms. The zero-order chi connectivity index (χ0) is 11.5. The van der Waals surface area contributed by atoms with Crippen molar-refractivity contribution in [2.75, 3.05) is 0 Å². The van der Waals surface area contributed by atoms with E-state index in [2.05, 4.69) is 4.98 Å². The van der Waals surface area contributed by atoms with E-state index >= 15 is 0 Å². The summed E-state index contributed by atoms with van der Waals surface area (Å²) in [6, 6.07) is 8.58. The van der Waals surface area contributed by atoms with E-state index in [0.717, 1.165) is 0 Å². The second-order valence-electron chi connectivity index (χ2n) is 3.13. The predicted molar refractivity (Wildman–Crippen MR) is 61.3 cm³/mol. The molecule has 1 aromatic heterocycles. The van der Waals surface area contributed by atoms with Crippen LogP contribution in [0.3, 0.4) is 0 Å². The summed E-state index contributed by atoms with van der Waals surface area (Å²) < 4.78 is 0. The molecule has 0 N–H and O–H groups in total. The van der Waals surface area contributed by atoms with Gasteiger partial charge in [0.15, 0.2) is 0 Å². The first-order valence-electron chi connectivity index (χ1n) is 4.53. The van der Waals surface area contributed by atoms with Crippen molar-refractivity contribution in [3.05, 3.63) is 57.9 Å². The smallest absolute Gasteiger partial charge is 0.258 e. The number of hydrogen-bond acceptors (Lipinski definition) is 3. The number of hydrogen-bond donors (Lipinski definition) is 0. The van der Waals surface area contributed by atoms with Gasteiger partial charge in [-0.2, -0.15) is 0 Å². The topological polar surface area (TPSA) is 56.0 Å². The van der Waals surface area contributed by atoms with Crippen molar-refractivity contribution in [3.63, 3.8) is 0 Å². The molecule has 0 radical (unpaired) electrons. The molecule has 16 heavy (non-hydrogen) atoms. The fourth-order valence-corrected chi connectivity index (χ4v) is 1.68. The van der Waals surface area contributed by atoms with E-state index in [1.165, 1.54) is 12.4 Å². The number of nitrogens with zero attached hydrogens (tertiary/aromatic N) is 2. The van der Waals surface area contributed by atoms with E-state index in [-0.39, 0.29) is 5.69 Å². The molecule has 0 amide bonds. The second kappa shape index (κ2) is 4.28. The van der Waals surface area contributed by atoms with Crippen molar-refractivity contribution in [1.29, 1.82) is 0 Å². The summed E-state index contributed by atoms with van der Waals surface area (Å²) >= 11 is 5.99. The molecule has 0 aliphatic rings. The average molecular weight is 235 g/mol. The standard InChI is InChI=1S/C11H7ClN2O2/c12-10-4-2-1-3-8(10)9-5-6-13-7-11(9)14(15)16/h1-7H. The van der Waals surface area contributed by atoms with Gasteiger partial charge in [-0.25, -0.2) is 0 Å². The normalized spacial score (nSPS) is 10.1. The summed E-state index contributed by atoms with van der Waals surface area (Å²) in [7, 11) is 0. The summed E-state index contributed by atoms with van der Waals surface area (Å²) in [5.41, 5.74) is 1.07. The largest absolute Gasteiger partial charge is 0.295 e. The van der Waals surface area contributed by atoms with Crippen LogP contribution in [0, 0.1) is 10.1 Å². The molecule has 0 unspecified atom stereocenters. The van der Waals surface area contributed by atoms with Crippen LogP contribution < -0.4 is 0 Å². The minimum absolute atomic E-state index is 0.0457. The number of nitro groups is 1. The Kier molecular flexibility index (Phi) is 2.83. The van der Waals surface area contributed by atoms with Gasteiger partial charge in [-0.05, 0) is 12.1 Å². The number of rotatable bonds is 2. The van der Waals surface area contributed by atoms with E-state index < -0.39 is 4.92 Å². The van der Waals surface area contributed by atoms with Crippen molar-refractivity contribution >= 4 is 17.3 Å². The van der Waals surface area contributed by atoms with E-state index in [9.17, 15) is 10.1 Å². The van der Waals surface area contributed by atoms with Gasteiger partial charge in [0.2, 0.25) is 0 Å². The fraction of sp³-hybridized carbons (Fsp3) is 0. The molecule has 0 spiro atoms. The first-order valence-corrected chi connectivity index (χ1v) is 4.91. The second-order valence-corrected chi connectivity index (χ2v) is 3.54. The first kappa shape index (κ1) is 10.6. The summed E-state index contributed by atoms with van der Waals surface area (Å²) in [5.74, 6) is 0. The highest BCUT2D eigenvalue weighted by Crippen LogP contribution is 2.33. The maximum atomic E-state index is 10.8. The third kappa shape index (κ3) is 1.87. The van der Waals surface area contributed by atoms with Crippen LogP contribution in [0.25, 0.3) is 11.1 Å². The highest BCUT2D eigenvalue weighted by molar-refractivity contribution is 6.33. The molecule has 2 rings (SSSR count). The summed E-state index contributed by atoms with van der Waals surface area (Å²) in [4.78, 5) is 14.1. The highest BCUT2D eigenvalue weighted by atomic mass is 35.5. The molecule has 1 heterocycles. The molecule has 0 aliphatic carbocycles. The molecule has 80 valence electrons. The maximum Gasteiger partial charge on any atom is 0.295 e. The van der Waals surface area contributed by atoms with E-state index in [0.29, 0.717) is 16.1 Å². The monoisotopic (exact) mass is 234 g/mol. The Labute approximate surface area is 96.7 Å². The third-order valence-electron chi connectivity index (χ3n) is 2.16. The van der Waals surface area contributed by atoms with Crippen molar-refractivity contribution in [2.24, 2.45) is 0 Å². The minimum Gasteiger partial charge on any atom is -0.258 e. The SMILES string of the molecule is O=[N+]([O-])c1cnccc1-c1ccccc1Cl. The Hall–Kier alpha value is -1.94. The molecular weight excluding hydrogens is 228 g/mol. The minimum atomic E-state index is -0.467. The first-order chi connectivity index (χ1) is 7.70. The lowest BCUT2D eigenvalue weighted by atomic mass is 10.1. The van der Waals surface area contributed by atoms with Gasteiger partial charge in [0.1, 0.15) is 6.20 Å². The van der Waals surface area contributed by atoms with Crippen molar-refractivity contribution < 1.29 is 4.92 Å².